The van der Waals surface area contributed by atoms with E-state index < -0.39 is 0 Å². The summed E-state index contributed by atoms with van der Waals surface area (Å²) in [5.41, 5.74) is 0.692. The highest BCUT2D eigenvalue weighted by molar-refractivity contribution is 5.98. The van der Waals surface area contributed by atoms with Crippen molar-refractivity contribution >= 4 is 23.5 Å². The number of ether oxygens (including phenoxy) is 2. The Balaban J connectivity index is 2.24. The maximum absolute atomic E-state index is 13.0. The second kappa shape index (κ2) is 11.9. The van der Waals surface area contributed by atoms with E-state index in [1.807, 2.05) is 45.0 Å². The molecule has 0 saturated heterocycles. The fraction of sp³-hybridized carbons (Fsp3) is 0.476. The van der Waals surface area contributed by atoms with E-state index in [1.165, 1.54) is 0 Å². The summed E-state index contributed by atoms with van der Waals surface area (Å²) in [6.07, 6.45) is 3.36. The van der Waals surface area contributed by atoms with Crippen LogP contribution in [0.3, 0.4) is 0 Å². The second-order valence-corrected chi connectivity index (χ2v) is 6.73. The molecule has 2 amide bonds. The van der Waals surface area contributed by atoms with Gasteiger partial charge in [0.05, 0.1) is 12.3 Å². The number of urea groups is 1. The molecule has 1 aromatic heterocycles. The van der Waals surface area contributed by atoms with Gasteiger partial charge in [-0.25, -0.2) is 14.7 Å². The summed E-state index contributed by atoms with van der Waals surface area (Å²) in [4.78, 5) is 23.3. The van der Waals surface area contributed by atoms with Crippen LogP contribution in [0.5, 0.6) is 5.75 Å². The van der Waals surface area contributed by atoms with Crippen LogP contribution in [0.15, 0.2) is 36.5 Å². The van der Waals surface area contributed by atoms with Crippen molar-refractivity contribution in [3.63, 3.8) is 0 Å². The molecule has 29 heavy (non-hydrogen) atoms. The lowest BCUT2D eigenvalue weighted by molar-refractivity contribution is 0.192. The smallest absolute Gasteiger partial charge is 0.327 e. The van der Waals surface area contributed by atoms with Gasteiger partial charge in [-0.2, -0.15) is 4.98 Å². The minimum Gasteiger partial charge on any atom is -0.494 e. The molecule has 0 spiro atoms. The molecule has 0 aliphatic carbocycles. The number of amides is 2. The van der Waals surface area contributed by atoms with Gasteiger partial charge in [-0.15, -0.1) is 0 Å². The largest absolute Gasteiger partial charge is 0.494 e. The number of methoxy groups -OCH3 is 1. The van der Waals surface area contributed by atoms with Gasteiger partial charge in [-0.05, 0) is 57.9 Å². The van der Waals surface area contributed by atoms with Crippen LogP contribution in [0, 0.1) is 0 Å². The molecule has 8 nitrogen and oxygen atoms in total. The first-order valence-corrected chi connectivity index (χ1v) is 9.94. The van der Waals surface area contributed by atoms with Gasteiger partial charge in [0.25, 0.3) is 0 Å². The number of anilines is 3. The fourth-order valence-electron chi connectivity index (χ4n) is 2.66. The maximum atomic E-state index is 13.0. The number of carbonyl (C=O) groups is 1. The van der Waals surface area contributed by atoms with Crippen LogP contribution < -0.4 is 20.3 Å². The molecule has 0 bridgehead atoms. The summed E-state index contributed by atoms with van der Waals surface area (Å²) >= 11 is 0. The van der Waals surface area contributed by atoms with Crippen molar-refractivity contribution in [2.75, 3.05) is 37.1 Å². The third kappa shape index (κ3) is 7.23. The summed E-state index contributed by atoms with van der Waals surface area (Å²) in [7, 11) is 1.67. The van der Waals surface area contributed by atoms with Gasteiger partial charge in [-0.3, -0.25) is 0 Å². The molecule has 2 rings (SSSR count). The molecule has 1 aromatic carbocycles. The van der Waals surface area contributed by atoms with E-state index in [4.69, 9.17) is 9.47 Å². The third-order valence-electron chi connectivity index (χ3n) is 3.95. The zero-order valence-electron chi connectivity index (χ0n) is 17.6. The number of nitrogens with one attached hydrogen (secondary N) is 2. The molecular formula is C21H31N5O3. The highest BCUT2D eigenvalue weighted by Crippen LogP contribution is 2.26. The number of hydrogen-bond acceptors (Lipinski definition) is 6. The Kier molecular flexibility index (Phi) is 9.17. The summed E-state index contributed by atoms with van der Waals surface area (Å²) in [5.74, 6) is 1.71. The van der Waals surface area contributed by atoms with E-state index in [0.717, 1.165) is 18.6 Å². The number of benzene rings is 1. The number of nitrogens with zero attached hydrogens (tertiary/aromatic N) is 3. The van der Waals surface area contributed by atoms with Crippen LogP contribution in [0.2, 0.25) is 0 Å². The number of hydrogen-bond donors (Lipinski definition) is 2. The van der Waals surface area contributed by atoms with Gasteiger partial charge in [0, 0.05) is 38.6 Å². The number of rotatable bonds is 11. The molecule has 158 valence electrons. The Hall–Kier alpha value is -2.87. The maximum Gasteiger partial charge on any atom is 0.327 e. The monoisotopic (exact) mass is 401 g/mol. The Morgan fingerprint density at radius 3 is 2.59 bits per heavy atom. The highest BCUT2D eigenvalue weighted by atomic mass is 16.5. The van der Waals surface area contributed by atoms with Crippen molar-refractivity contribution in [3.8, 4) is 5.75 Å². The van der Waals surface area contributed by atoms with Gasteiger partial charge in [0.1, 0.15) is 11.6 Å². The van der Waals surface area contributed by atoms with Crippen molar-refractivity contribution in [1.29, 1.82) is 0 Å². The van der Waals surface area contributed by atoms with E-state index in [9.17, 15) is 4.79 Å². The Labute approximate surface area is 172 Å². The van der Waals surface area contributed by atoms with E-state index in [2.05, 4.69) is 20.6 Å². The Bertz CT molecular complexity index is 752. The first-order valence-electron chi connectivity index (χ1n) is 9.94. The molecule has 0 atom stereocenters. The van der Waals surface area contributed by atoms with Crippen LogP contribution in [0.1, 0.15) is 33.6 Å². The number of carbonyl (C=O) groups excluding carboxylic acids is 1. The van der Waals surface area contributed by atoms with Gasteiger partial charge < -0.3 is 20.1 Å². The van der Waals surface area contributed by atoms with Crippen LogP contribution >= 0.6 is 0 Å². The van der Waals surface area contributed by atoms with E-state index in [1.54, 1.807) is 24.3 Å². The van der Waals surface area contributed by atoms with Crippen molar-refractivity contribution in [1.82, 2.24) is 15.3 Å². The average molecular weight is 402 g/mol. The lowest BCUT2D eigenvalue weighted by Crippen LogP contribution is -2.38. The zero-order valence-corrected chi connectivity index (χ0v) is 17.6. The fourth-order valence-corrected chi connectivity index (χ4v) is 2.66. The van der Waals surface area contributed by atoms with E-state index in [-0.39, 0.29) is 12.1 Å². The first-order chi connectivity index (χ1) is 14.0. The molecule has 8 heteroatoms. The van der Waals surface area contributed by atoms with Crippen molar-refractivity contribution in [3.05, 3.63) is 36.5 Å². The van der Waals surface area contributed by atoms with Crippen LogP contribution in [0.4, 0.5) is 22.2 Å². The van der Waals surface area contributed by atoms with Crippen LogP contribution in [0.25, 0.3) is 0 Å². The third-order valence-corrected chi connectivity index (χ3v) is 3.95. The van der Waals surface area contributed by atoms with Gasteiger partial charge in [0.15, 0.2) is 0 Å². The van der Waals surface area contributed by atoms with Crippen molar-refractivity contribution in [2.24, 2.45) is 0 Å². The molecule has 2 aromatic rings. The van der Waals surface area contributed by atoms with Gasteiger partial charge >= 0.3 is 6.03 Å². The zero-order chi connectivity index (χ0) is 21.1. The molecule has 1 heterocycles. The minimum absolute atomic E-state index is 0.179. The quantitative estimate of drug-likeness (QED) is 0.554. The topological polar surface area (TPSA) is 88.6 Å². The molecule has 0 unspecified atom stereocenters. The summed E-state index contributed by atoms with van der Waals surface area (Å²) in [6, 6.07) is 9.00. The lowest BCUT2D eigenvalue weighted by Gasteiger charge is -2.23. The number of aromatic nitrogens is 2. The summed E-state index contributed by atoms with van der Waals surface area (Å²) < 4.78 is 10.6. The second-order valence-electron chi connectivity index (χ2n) is 6.73. The Morgan fingerprint density at radius 1 is 1.17 bits per heavy atom. The molecular weight excluding hydrogens is 370 g/mol. The van der Waals surface area contributed by atoms with Crippen molar-refractivity contribution < 1.29 is 14.3 Å². The summed E-state index contributed by atoms with van der Waals surface area (Å²) in [5, 5.41) is 6.13. The SMILES string of the molecule is CCOc1ccc(N(C(=O)NCCCCOC)c2ccnc(NC(C)C)n2)cc1. The predicted molar refractivity (Wildman–Crippen MR) is 115 cm³/mol. The van der Waals surface area contributed by atoms with E-state index >= 15 is 0 Å². The molecule has 0 radical (unpaired) electrons. The highest BCUT2D eigenvalue weighted by Gasteiger charge is 2.20. The van der Waals surface area contributed by atoms with Gasteiger partial charge in [0.2, 0.25) is 5.95 Å². The molecule has 0 fully saturated rings. The average Bonchev–Trinajstić information content (AvgIpc) is 2.69. The number of unbranched alkanes of at least 4 members (excludes halogenated alkanes) is 1. The minimum atomic E-state index is -0.249. The molecule has 0 saturated carbocycles. The summed E-state index contributed by atoms with van der Waals surface area (Å²) in [6.45, 7) is 7.76. The standard InChI is InChI=1S/C21H31N5O3/c1-5-29-18-10-8-17(9-11-18)26(21(27)23-13-6-7-15-28-4)19-12-14-22-20(25-19)24-16(2)3/h8-12,14,16H,5-7,13,15H2,1-4H3,(H,23,27)(H,22,24,25). The molecule has 0 aliphatic rings. The van der Waals surface area contributed by atoms with Crippen LogP contribution in [-0.2, 0) is 4.74 Å². The molecule has 2 N–H and O–H groups in total. The van der Waals surface area contributed by atoms with Crippen molar-refractivity contribution in [2.45, 2.75) is 39.7 Å². The first kappa shape index (κ1) is 22.4. The van der Waals surface area contributed by atoms with Crippen LogP contribution in [-0.4, -0.2) is 48.9 Å². The molecule has 0 aliphatic heterocycles. The van der Waals surface area contributed by atoms with E-state index in [0.29, 0.717) is 37.2 Å². The predicted octanol–water partition coefficient (Wildman–Crippen LogP) is 3.97. The normalized spacial score (nSPS) is 10.7. The lowest BCUT2D eigenvalue weighted by atomic mass is 10.2. The van der Waals surface area contributed by atoms with Gasteiger partial charge in [-0.1, -0.05) is 0 Å². The Morgan fingerprint density at radius 2 is 1.93 bits per heavy atom.